The van der Waals surface area contributed by atoms with E-state index in [1.165, 1.54) is 0 Å². The third kappa shape index (κ3) is 4.13. The Bertz CT molecular complexity index is 851. The van der Waals surface area contributed by atoms with Crippen LogP contribution in [0.5, 0.6) is 5.75 Å². The van der Waals surface area contributed by atoms with Crippen molar-refractivity contribution in [3.8, 4) is 5.75 Å². The van der Waals surface area contributed by atoms with E-state index in [4.69, 9.17) is 9.47 Å². The van der Waals surface area contributed by atoms with Crippen LogP contribution in [0.4, 0.5) is 5.69 Å². The predicted octanol–water partition coefficient (Wildman–Crippen LogP) is 3.51. The molecule has 5 nitrogen and oxygen atoms in total. The first kappa shape index (κ1) is 19.0. The van der Waals surface area contributed by atoms with E-state index in [2.05, 4.69) is 0 Å². The standard InChI is InChI=1S/C22H25NO4/c1-14-11-15(2)21(16(3)12-14)26-13-20(24)27-17(4)22(25)23-10-9-18-7-5-6-8-19(18)23/h5-8,11-12,17H,9-10,13H2,1-4H3/t17-/m1/s1. The van der Waals surface area contributed by atoms with Gasteiger partial charge in [-0.3, -0.25) is 4.79 Å². The van der Waals surface area contributed by atoms with Gasteiger partial charge in [0.05, 0.1) is 0 Å². The molecule has 0 aromatic heterocycles. The van der Waals surface area contributed by atoms with Crippen molar-refractivity contribution in [3.63, 3.8) is 0 Å². The molecule has 5 heteroatoms. The van der Waals surface area contributed by atoms with Crippen LogP contribution in [0.3, 0.4) is 0 Å². The lowest BCUT2D eigenvalue weighted by Gasteiger charge is -2.22. The number of esters is 1. The highest BCUT2D eigenvalue weighted by Gasteiger charge is 2.29. The summed E-state index contributed by atoms with van der Waals surface area (Å²) < 4.78 is 11.0. The average Bonchev–Trinajstić information content (AvgIpc) is 3.04. The Labute approximate surface area is 159 Å². The third-order valence-corrected chi connectivity index (χ3v) is 4.75. The molecule has 1 heterocycles. The molecule has 1 amide bonds. The van der Waals surface area contributed by atoms with E-state index in [9.17, 15) is 9.59 Å². The van der Waals surface area contributed by atoms with Crippen molar-refractivity contribution >= 4 is 17.6 Å². The maximum atomic E-state index is 12.7. The Hall–Kier alpha value is -2.82. The molecular weight excluding hydrogens is 342 g/mol. The van der Waals surface area contributed by atoms with Gasteiger partial charge in [0.1, 0.15) is 5.75 Å². The third-order valence-electron chi connectivity index (χ3n) is 4.75. The Morgan fingerprint density at radius 2 is 1.78 bits per heavy atom. The van der Waals surface area contributed by atoms with Crippen LogP contribution in [0, 0.1) is 20.8 Å². The second kappa shape index (κ2) is 7.82. The number of para-hydroxylation sites is 1. The number of amides is 1. The summed E-state index contributed by atoms with van der Waals surface area (Å²) in [5, 5.41) is 0. The summed E-state index contributed by atoms with van der Waals surface area (Å²) in [5.74, 6) is -0.0799. The molecule has 2 aromatic carbocycles. The van der Waals surface area contributed by atoms with Crippen LogP contribution in [-0.4, -0.2) is 31.1 Å². The van der Waals surface area contributed by atoms with Crippen molar-refractivity contribution in [1.29, 1.82) is 0 Å². The van der Waals surface area contributed by atoms with E-state index >= 15 is 0 Å². The average molecular weight is 367 g/mol. The fraction of sp³-hybridized carbons (Fsp3) is 0.364. The first-order valence-electron chi connectivity index (χ1n) is 9.16. The number of anilines is 1. The minimum Gasteiger partial charge on any atom is -0.481 e. The molecular formula is C22H25NO4. The van der Waals surface area contributed by atoms with E-state index in [-0.39, 0.29) is 12.5 Å². The molecule has 1 atom stereocenters. The van der Waals surface area contributed by atoms with Gasteiger partial charge in [-0.2, -0.15) is 0 Å². The zero-order chi connectivity index (χ0) is 19.6. The molecule has 0 aliphatic carbocycles. The highest BCUT2D eigenvalue weighted by Crippen LogP contribution is 2.28. The summed E-state index contributed by atoms with van der Waals surface area (Å²) in [6, 6.07) is 11.8. The molecule has 1 aliphatic rings. The Morgan fingerprint density at radius 1 is 1.11 bits per heavy atom. The van der Waals surface area contributed by atoms with Crippen molar-refractivity contribution in [3.05, 3.63) is 58.7 Å². The van der Waals surface area contributed by atoms with Crippen molar-refractivity contribution in [2.75, 3.05) is 18.1 Å². The highest BCUT2D eigenvalue weighted by molar-refractivity contribution is 5.99. The van der Waals surface area contributed by atoms with Crippen LogP contribution in [0.2, 0.25) is 0 Å². The lowest BCUT2D eigenvalue weighted by Crippen LogP contribution is -2.39. The van der Waals surface area contributed by atoms with Gasteiger partial charge in [-0.1, -0.05) is 35.9 Å². The number of rotatable bonds is 5. The quantitative estimate of drug-likeness (QED) is 0.759. The molecule has 0 fully saturated rings. The summed E-state index contributed by atoms with van der Waals surface area (Å²) in [4.78, 5) is 26.5. The molecule has 0 radical (unpaired) electrons. The summed E-state index contributed by atoms with van der Waals surface area (Å²) in [5.41, 5.74) is 5.12. The van der Waals surface area contributed by atoms with Crippen LogP contribution >= 0.6 is 0 Å². The molecule has 0 saturated carbocycles. The van der Waals surface area contributed by atoms with Crippen molar-refractivity contribution < 1.29 is 19.1 Å². The van der Waals surface area contributed by atoms with Gasteiger partial charge in [-0.15, -0.1) is 0 Å². The summed E-state index contributed by atoms with van der Waals surface area (Å²) in [7, 11) is 0. The van der Waals surface area contributed by atoms with E-state index < -0.39 is 12.1 Å². The maximum absolute atomic E-state index is 12.7. The molecule has 0 bridgehead atoms. The Morgan fingerprint density at radius 3 is 2.48 bits per heavy atom. The number of carbonyl (C=O) groups excluding carboxylic acids is 2. The van der Waals surface area contributed by atoms with E-state index in [1.807, 2.05) is 57.2 Å². The van der Waals surface area contributed by atoms with Gasteiger partial charge in [0.25, 0.3) is 5.91 Å². The zero-order valence-corrected chi connectivity index (χ0v) is 16.2. The van der Waals surface area contributed by atoms with Crippen LogP contribution in [-0.2, 0) is 20.7 Å². The second-order valence-electron chi connectivity index (χ2n) is 7.02. The van der Waals surface area contributed by atoms with Crippen molar-refractivity contribution in [1.82, 2.24) is 0 Å². The number of benzene rings is 2. The fourth-order valence-electron chi connectivity index (χ4n) is 3.59. The molecule has 3 rings (SSSR count). The lowest BCUT2D eigenvalue weighted by atomic mass is 10.1. The predicted molar refractivity (Wildman–Crippen MR) is 104 cm³/mol. The number of fused-ring (bicyclic) bond motifs is 1. The van der Waals surface area contributed by atoms with Crippen molar-refractivity contribution in [2.45, 2.75) is 40.2 Å². The fourth-order valence-corrected chi connectivity index (χ4v) is 3.59. The molecule has 2 aromatic rings. The van der Waals surface area contributed by atoms with Gasteiger partial charge >= 0.3 is 5.97 Å². The molecule has 0 spiro atoms. The van der Waals surface area contributed by atoms with Gasteiger partial charge in [0.2, 0.25) is 0 Å². The minimum atomic E-state index is -0.854. The van der Waals surface area contributed by atoms with Crippen LogP contribution in [0.1, 0.15) is 29.2 Å². The Balaban J connectivity index is 1.58. The topological polar surface area (TPSA) is 55.8 Å². The summed E-state index contributed by atoms with van der Waals surface area (Å²) in [6.07, 6.45) is -0.0371. The van der Waals surface area contributed by atoms with Gasteiger partial charge in [-0.25, -0.2) is 4.79 Å². The van der Waals surface area contributed by atoms with Crippen LogP contribution in [0.15, 0.2) is 36.4 Å². The molecule has 142 valence electrons. The van der Waals surface area contributed by atoms with Gasteiger partial charge < -0.3 is 14.4 Å². The number of ether oxygens (including phenoxy) is 2. The van der Waals surface area contributed by atoms with Gasteiger partial charge in [0.15, 0.2) is 12.7 Å². The Kier molecular flexibility index (Phi) is 5.49. The van der Waals surface area contributed by atoms with Crippen molar-refractivity contribution in [2.24, 2.45) is 0 Å². The molecule has 27 heavy (non-hydrogen) atoms. The summed E-state index contributed by atoms with van der Waals surface area (Å²) in [6.45, 7) is 7.89. The SMILES string of the molecule is Cc1cc(C)c(OCC(=O)O[C@H](C)C(=O)N2CCc3ccccc32)c(C)c1. The normalized spacial score (nSPS) is 13.9. The van der Waals surface area contributed by atoms with E-state index in [0.717, 1.165) is 34.4 Å². The highest BCUT2D eigenvalue weighted by atomic mass is 16.6. The zero-order valence-electron chi connectivity index (χ0n) is 16.2. The molecule has 0 N–H and O–H groups in total. The largest absolute Gasteiger partial charge is 0.481 e. The molecule has 0 saturated heterocycles. The minimum absolute atomic E-state index is 0.212. The number of carbonyl (C=O) groups is 2. The number of hydrogen-bond acceptors (Lipinski definition) is 4. The van der Waals surface area contributed by atoms with E-state index in [1.54, 1.807) is 11.8 Å². The lowest BCUT2D eigenvalue weighted by molar-refractivity contribution is -0.155. The van der Waals surface area contributed by atoms with Gasteiger partial charge in [0, 0.05) is 12.2 Å². The summed E-state index contributed by atoms with van der Waals surface area (Å²) >= 11 is 0. The first-order chi connectivity index (χ1) is 12.9. The molecule has 1 aliphatic heterocycles. The molecule has 0 unspecified atom stereocenters. The second-order valence-corrected chi connectivity index (χ2v) is 7.02. The first-order valence-corrected chi connectivity index (χ1v) is 9.16. The van der Waals surface area contributed by atoms with Crippen LogP contribution < -0.4 is 9.64 Å². The number of aryl methyl sites for hydroxylation is 3. The van der Waals surface area contributed by atoms with Crippen LogP contribution in [0.25, 0.3) is 0 Å². The number of nitrogens with zero attached hydrogens (tertiary/aromatic N) is 1. The van der Waals surface area contributed by atoms with E-state index in [0.29, 0.717) is 12.3 Å². The monoisotopic (exact) mass is 367 g/mol. The van der Waals surface area contributed by atoms with Gasteiger partial charge in [-0.05, 0) is 56.9 Å². The maximum Gasteiger partial charge on any atom is 0.344 e. The number of hydrogen-bond donors (Lipinski definition) is 0. The smallest absolute Gasteiger partial charge is 0.344 e.